The Labute approximate surface area is 114 Å². The van der Waals surface area contributed by atoms with Crippen molar-refractivity contribution in [1.82, 2.24) is 0 Å². The van der Waals surface area contributed by atoms with E-state index in [1.165, 1.54) is 11.1 Å². The third-order valence-electron chi connectivity index (χ3n) is 1.99. The van der Waals surface area contributed by atoms with Gasteiger partial charge in [-0.15, -0.1) is 0 Å². The van der Waals surface area contributed by atoms with Gasteiger partial charge in [0, 0.05) is 8.95 Å². The predicted molar refractivity (Wildman–Crippen MR) is 77.8 cm³/mol. The Kier molecular flexibility index (Phi) is 5.78. The van der Waals surface area contributed by atoms with E-state index in [0.29, 0.717) is 0 Å². The highest BCUT2D eigenvalue weighted by Gasteiger charge is 1.82. The van der Waals surface area contributed by atoms with Crippen molar-refractivity contribution < 1.29 is 0 Å². The maximum Gasteiger partial charge on any atom is 0.0177 e. The molecule has 0 bridgehead atoms. The Bertz CT molecular complexity index is 394. The summed E-state index contributed by atoms with van der Waals surface area (Å²) in [6.45, 7) is 4.15. The van der Waals surface area contributed by atoms with Crippen LogP contribution in [0.5, 0.6) is 0 Å². The first-order valence-corrected chi connectivity index (χ1v) is 6.61. The van der Waals surface area contributed by atoms with Crippen molar-refractivity contribution in [2.45, 2.75) is 13.8 Å². The fourth-order valence-electron chi connectivity index (χ4n) is 1.14. The van der Waals surface area contributed by atoms with Crippen molar-refractivity contribution in [2.24, 2.45) is 0 Å². The van der Waals surface area contributed by atoms with E-state index >= 15 is 0 Å². The molecule has 2 aromatic rings. The van der Waals surface area contributed by atoms with Crippen molar-refractivity contribution in [3.05, 3.63) is 68.6 Å². The van der Waals surface area contributed by atoms with Crippen LogP contribution in [0.3, 0.4) is 0 Å². The van der Waals surface area contributed by atoms with Crippen molar-refractivity contribution >= 4 is 31.9 Å². The molecule has 0 unspecified atom stereocenters. The molecular formula is C14H14Br2. The van der Waals surface area contributed by atoms with Crippen LogP contribution in [0, 0.1) is 13.8 Å². The highest BCUT2D eigenvalue weighted by atomic mass is 79.9. The average molecular weight is 342 g/mol. The second-order valence-corrected chi connectivity index (χ2v) is 5.43. The Morgan fingerprint density at radius 1 is 0.688 bits per heavy atom. The highest BCUT2D eigenvalue weighted by Crippen LogP contribution is 2.09. The second-order valence-electron chi connectivity index (χ2n) is 3.59. The van der Waals surface area contributed by atoms with Crippen molar-refractivity contribution in [3.63, 3.8) is 0 Å². The van der Waals surface area contributed by atoms with Gasteiger partial charge >= 0.3 is 0 Å². The van der Waals surface area contributed by atoms with Crippen molar-refractivity contribution in [3.8, 4) is 0 Å². The smallest absolute Gasteiger partial charge is 0.0177 e. The summed E-state index contributed by atoms with van der Waals surface area (Å²) in [5.74, 6) is 0. The van der Waals surface area contributed by atoms with Crippen LogP contribution in [0.1, 0.15) is 11.1 Å². The summed E-state index contributed by atoms with van der Waals surface area (Å²) in [6, 6.07) is 16.4. The fraction of sp³-hybridized carbons (Fsp3) is 0.143. The number of benzene rings is 2. The van der Waals surface area contributed by atoms with E-state index in [9.17, 15) is 0 Å². The monoisotopic (exact) mass is 340 g/mol. The molecule has 0 heterocycles. The Morgan fingerprint density at radius 3 is 1.69 bits per heavy atom. The Hall–Kier alpha value is -0.600. The maximum atomic E-state index is 3.36. The van der Waals surface area contributed by atoms with Crippen LogP contribution in [0.15, 0.2) is 57.5 Å². The first kappa shape index (κ1) is 13.5. The van der Waals surface area contributed by atoms with Crippen molar-refractivity contribution in [2.75, 3.05) is 0 Å². The summed E-state index contributed by atoms with van der Waals surface area (Å²) in [4.78, 5) is 0. The zero-order valence-electron chi connectivity index (χ0n) is 9.37. The van der Waals surface area contributed by atoms with Gasteiger partial charge in [0.15, 0.2) is 0 Å². The standard InChI is InChI=1S/2C7H7Br/c1-6-2-4-7(8)5-3-6;1-6-3-2-4-7(8)5-6/h2*2-5H,1H3. The lowest BCUT2D eigenvalue weighted by Gasteiger charge is -1.89. The molecule has 0 aliphatic heterocycles. The molecule has 0 spiro atoms. The van der Waals surface area contributed by atoms with Crippen LogP contribution in [-0.4, -0.2) is 0 Å². The van der Waals surface area contributed by atoms with Crippen LogP contribution in [0.25, 0.3) is 0 Å². The van der Waals surface area contributed by atoms with Gasteiger partial charge in [0.25, 0.3) is 0 Å². The number of halogens is 2. The van der Waals surface area contributed by atoms with E-state index in [-0.39, 0.29) is 0 Å². The van der Waals surface area contributed by atoms with E-state index in [0.717, 1.165) is 8.95 Å². The second kappa shape index (κ2) is 6.87. The van der Waals surface area contributed by atoms with Gasteiger partial charge in [0.05, 0.1) is 0 Å². The quantitative estimate of drug-likeness (QED) is 0.592. The van der Waals surface area contributed by atoms with E-state index < -0.39 is 0 Å². The van der Waals surface area contributed by atoms with Gasteiger partial charge in [-0.2, -0.15) is 0 Å². The van der Waals surface area contributed by atoms with E-state index in [2.05, 4.69) is 70.0 Å². The molecule has 0 nitrogen and oxygen atoms in total. The van der Waals surface area contributed by atoms with Crippen LogP contribution in [0.2, 0.25) is 0 Å². The predicted octanol–water partition coefficient (Wildman–Crippen LogP) is 5.52. The molecule has 0 saturated carbocycles. The summed E-state index contributed by atoms with van der Waals surface area (Å²) < 4.78 is 2.29. The molecule has 0 amide bonds. The molecule has 84 valence electrons. The molecule has 2 rings (SSSR count). The fourth-order valence-corrected chi connectivity index (χ4v) is 1.92. The summed E-state index contributed by atoms with van der Waals surface area (Å²) in [7, 11) is 0. The molecule has 0 fully saturated rings. The van der Waals surface area contributed by atoms with Crippen LogP contribution in [-0.2, 0) is 0 Å². The molecule has 0 radical (unpaired) electrons. The van der Waals surface area contributed by atoms with Gasteiger partial charge in [-0.1, -0.05) is 67.3 Å². The lowest BCUT2D eigenvalue weighted by Crippen LogP contribution is -1.67. The molecule has 2 aromatic carbocycles. The molecule has 0 atom stereocenters. The van der Waals surface area contributed by atoms with Crippen LogP contribution < -0.4 is 0 Å². The molecular weight excluding hydrogens is 328 g/mol. The zero-order chi connectivity index (χ0) is 12.0. The van der Waals surface area contributed by atoms with E-state index in [1.54, 1.807) is 0 Å². The number of hydrogen-bond donors (Lipinski definition) is 0. The van der Waals surface area contributed by atoms with Gasteiger partial charge in [0.2, 0.25) is 0 Å². The molecule has 0 aliphatic carbocycles. The maximum absolute atomic E-state index is 3.36. The van der Waals surface area contributed by atoms with Gasteiger partial charge in [-0.3, -0.25) is 0 Å². The Morgan fingerprint density at radius 2 is 1.31 bits per heavy atom. The van der Waals surface area contributed by atoms with Gasteiger partial charge in [0.1, 0.15) is 0 Å². The topological polar surface area (TPSA) is 0 Å². The molecule has 16 heavy (non-hydrogen) atoms. The van der Waals surface area contributed by atoms with Crippen LogP contribution in [0.4, 0.5) is 0 Å². The molecule has 0 aliphatic rings. The highest BCUT2D eigenvalue weighted by molar-refractivity contribution is 9.10. The molecule has 0 saturated heterocycles. The summed E-state index contributed by atoms with van der Waals surface area (Å²) in [6.07, 6.45) is 0. The zero-order valence-corrected chi connectivity index (χ0v) is 12.5. The van der Waals surface area contributed by atoms with Crippen LogP contribution >= 0.6 is 31.9 Å². The minimum atomic E-state index is 1.14. The number of rotatable bonds is 0. The van der Waals surface area contributed by atoms with Gasteiger partial charge < -0.3 is 0 Å². The largest absolute Gasteiger partial charge is 0.0609 e. The van der Waals surface area contributed by atoms with E-state index in [1.807, 2.05) is 24.3 Å². The minimum Gasteiger partial charge on any atom is -0.0609 e. The lowest BCUT2D eigenvalue weighted by molar-refractivity contribution is 1.45. The third kappa shape index (κ3) is 5.47. The van der Waals surface area contributed by atoms with Crippen molar-refractivity contribution in [1.29, 1.82) is 0 Å². The normalized spacial score (nSPS) is 9.25. The molecule has 2 heteroatoms. The lowest BCUT2D eigenvalue weighted by atomic mass is 10.2. The number of hydrogen-bond acceptors (Lipinski definition) is 0. The average Bonchev–Trinajstić information content (AvgIpc) is 2.23. The first-order chi connectivity index (χ1) is 7.58. The van der Waals surface area contributed by atoms with Gasteiger partial charge in [-0.05, 0) is 38.1 Å². The Balaban J connectivity index is 0.000000160. The number of aryl methyl sites for hydroxylation is 2. The molecule has 0 aromatic heterocycles. The SMILES string of the molecule is Cc1ccc(Br)cc1.Cc1cccc(Br)c1. The summed E-state index contributed by atoms with van der Waals surface area (Å²) >= 11 is 6.71. The van der Waals surface area contributed by atoms with E-state index in [4.69, 9.17) is 0 Å². The summed E-state index contributed by atoms with van der Waals surface area (Å²) in [5.41, 5.74) is 2.59. The molecule has 0 N–H and O–H groups in total. The summed E-state index contributed by atoms with van der Waals surface area (Å²) in [5, 5.41) is 0. The minimum absolute atomic E-state index is 1.14. The first-order valence-electron chi connectivity index (χ1n) is 5.02. The third-order valence-corrected chi connectivity index (χ3v) is 3.01. The van der Waals surface area contributed by atoms with Gasteiger partial charge in [-0.25, -0.2) is 0 Å².